The molecule has 0 aliphatic carbocycles. The summed E-state index contributed by atoms with van der Waals surface area (Å²) in [6.07, 6.45) is 2.65. The number of rotatable bonds is 3. The third kappa shape index (κ3) is 2.38. The first-order chi connectivity index (χ1) is 7.70. The van der Waals surface area contributed by atoms with Gasteiger partial charge in [-0.25, -0.2) is 4.68 Å². The van der Waals surface area contributed by atoms with Crippen molar-refractivity contribution in [3.63, 3.8) is 0 Å². The highest BCUT2D eigenvalue weighted by Crippen LogP contribution is 2.24. The van der Waals surface area contributed by atoms with Gasteiger partial charge in [-0.1, -0.05) is 23.2 Å². The molecule has 0 spiro atoms. The van der Waals surface area contributed by atoms with Gasteiger partial charge in [-0.05, 0) is 30.8 Å². The Morgan fingerprint density at radius 3 is 2.69 bits per heavy atom. The van der Waals surface area contributed by atoms with E-state index in [0.717, 1.165) is 17.8 Å². The first-order valence-corrected chi connectivity index (χ1v) is 5.66. The molecule has 16 heavy (non-hydrogen) atoms. The zero-order valence-electron chi connectivity index (χ0n) is 8.53. The van der Waals surface area contributed by atoms with E-state index >= 15 is 0 Å². The Morgan fingerprint density at radius 2 is 2.00 bits per heavy atom. The maximum Gasteiger partial charge on any atom is 0.0661 e. The van der Waals surface area contributed by atoms with Gasteiger partial charge >= 0.3 is 0 Å². The van der Waals surface area contributed by atoms with Crippen LogP contribution in [0.1, 0.15) is 5.69 Å². The van der Waals surface area contributed by atoms with Gasteiger partial charge in [0.2, 0.25) is 0 Å². The van der Waals surface area contributed by atoms with E-state index in [4.69, 9.17) is 28.9 Å². The molecule has 5 heteroatoms. The summed E-state index contributed by atoms with van der Waals surface area (Å²) >= 11 is 11.8. The quantitative estimate of drug-likeness (QED) is 0.917. The molecule has 0 fully saturated rings. The molecule has 0 aliphatic rings. The molecule has 0 aliphatic heterocycles. The minimum absolute atomic E-state index is 0.523. The van der Waals surface area contributed by atoms with Gasteiger partial charge in [0, 0.05) is 12.6 Å². The summed E-state index contributed by atoms with van der Waals surface area (Å²) in [5.41, 5.74) is 7.32. The van der Waals surface area contributed by atoms with Crippen LogP contribution in [0.15, 0.2) is 30.5 Å². The second kappa shape index (κ2) is 4.87. The lowest BCUT2D eigenvalue weighted by Gasteiger charge is -2.02. The lowest BCUT2D eigenvalue weighted by molar-refractivity contribution is 0.822. The molecule has 0 amide bonds. The Kier molecular flexibility index (Phi) is 3.49. The molecule has 1 aromatic heterocycles. The van der Waals surface area contributed by atoms with Crippen LogP contribution < -0.4 is 5.73 Å². The van der Waals surface area contributed by atoms with Crippen LogP contribution in [0.3, 0.4) is 0 Å². The summed E-state index contributed by atoms with van der Waals surface area (Å²) in [6, 6.07) is 7.34. The Bertz CT molecular complexity index is 494. The van der Waals surface area contributed by atoms with Crippen LogP contribution in [-0.4, -0.2) is 16.3 Å². The summed E-state index contributed by atoms with van der Waals surface area (Å²) in [4.78, 5) is 0. The number of hydrogen-bond donors (Lipinski definition) is 1. The molecule has 1 aromatic carbocycles. The van der Waals surface area contributed by atoms with Crippen LogP contribution >= 0.6 is 23.2 Å². The fourth-order valence-electron chi connectivity index (χ4n) is 1.41. The van der Waals surface area contributed by atoms with E-state index in [2.05, 4.69) is 5.10 Å². The fourth-order valence-corrected chi connectivity index (χ4v) is 1.71. The number of nitrogens with two attached hydrogens (primary N) is 1. The summed E-state index contributed by atoms with van der Waals surface area (Å²) < 4.78 is 1.76. The maximum atomic E-state index is 5.94. The first kappa shape index (κ1) is 11.5. The molecule has 0 saturated carbocycles. The van der Waals surface area contributed by atoms with Crippen LogP contribution in [0.4, 0.5) is 0 Å². The maximum absolute atomic E-state index is 5.94. The molecule has 2 N–H and O–H groups in total. The number of halogens is 2. The molecule has 0 bridgehead atoms. The molecular weight excluding hydrogens is 245 g/mol. The third-order valence-corrected chi connectivity index (χ3v) is 2.95. The largest absolute Gasteiger partial charge is 0.330 e. The molecule has 84 valence electrons. The van der Waals surface area contributed by atoms with Gasteiger partial charge < -0.3 is 5.73 Å². The van der Waals surface area contributed by atoms with Crippen molar-refractivity contribution in [1.82, 2.24) is 9.78 Å². The lowest BCUT2D eigenvalue weighted by Crippen LogP contribution is -2.04. The van der Waals surface area contributed by atoms with Gasteiger partial charge in [-0.3, -0.25) is 0 Å². The first-order valence-electron chi connectivity index (χ1n) is 4.91. The van der Waals surface area contributed by atoms with Gasteiger partial charge in [0.1, 0.15) is 0 Å². The number of benzene rings is 1. The summed E-state index contributed by atoms with van der Waals surface area (Å²) in [5.74, 6) is 0. The Balaban J connectivity index is 2.31. The lowest BCUT2D eigenvalue weighted by atomic mass is 10.3. The van der Waals surface area contributed by atoms with Crippen molar-refractivity contribution in [3.05, 3.63) is 46.2 Å². The molecule has 2 aromatic rings. The van der Waals surface area contributed by atoms with Gasteiger partial charge in [0.05, 0.1) is 21.4 Å². The SMILES string of the molecule is NCCc1ccn(-c2ccc(Cl)c(Cl)c2)n1. The molecule has 1 heterocycles. The smallest absolute Gasteiger partial charge is 0.0661 e. The fraction of sp³-hybridized carbons (Fsp3) is 0.182. The van der Waals surface area contributed by atoms with Gasteiger partial charge in [-0.2, -0.15) is 5.10 Å². The van der Waals surface area contributed by atoms with Crippen LogP contribution in [0.25, 0.3) is 5.69 Å². The standard InChI is InChI=1S/C11H11Cl2N3/c12-10-2-1-9(7-11(10)13)16-6-4-8(15-16)3-5-14/h1-2,4,6-7H,3,5,14H2. The van der Waals surface area contributed by atoms with Crippen LogP contribution in [-0.2, 0) is 6.42 Å². The van der Waals surface area contributed by atoms with E-state index in [1.165, 1.54) is 0 Å². The van der Waals surface area contributed by atoms with Crippen LogP contribution in [0.5, 0.6) is 0 Å². The highest BCUT2D eigenvalue weighted by molar-refractivity contribution is 6.42. The second-order valence-electron chi connectivity index (χ2n) is 3.39. The topological polar surface area (TPSA) is 43.8 Å². The summed E-state index contributed by atoms with van der Waals surface area (Å²) in [5, 5.41) is 5.44. The third-order valence-electron chi connectivity index (χ3n) is 2.21. The average molecular weight is 256 g/mol. The number of hydrogen-bond acceptors (Lipinski definition) is 2. The van der Waals surface area contributed by atoms with Crippen LogP contribution in [0, 0.1) is 0 Å². The van der Waals surface area contributed by atoms with Crippen molar-refractivity contribution in [2.75, 3.05) is 6.54 Å². The van der Waals surface area contributed by atoms with Crippen molar-refractivity contribution in [1.29, 1.82) is 0 Å². The van der Waals surface area contributed by atoms with E-state index in [1.807, 2.05) is 18.3 Å². The molecular formula is C11H11Cl2N3. The van der Waals surface area contributed by atoms with E-state index in [9.17, 15) is 0 Å². The van der Waals surface area contributed by atoms with Crippen molar-refractivity contribution in [2.24, 2.45) is 5.73 Å². The molecule has 0 radical (unpaired) electrons. The highest BCUT2D eigenvalue weighted by atomic mass is 35.5. The minimum atomic E-state index is 0.523. The molecule has 0 atom stereocenters. The van der Waals surface area contributed by atoms with E-state index in [-0.39, 0.29) is 0 Å². The Morgan fingerprint density at radius 1 is 1.19 bits per heavy atom. The van der Waals surface area contributed by atoms with Crippen molar-refractivity contribution in [3.8, 4) is 5.69 Å². The van der Waals surface area contributed by atoms with Crippen molar-refractivity contribution >= 4 is 23.2 Å². The van der Waals surface area contributed by atoms with E-state index in [1.54, 1.807) is 16.8 Å². The normalized spacial score (nSPS) is 10.7. The zero-order chi connectivity index (χ0) is 11.5. The van der Waals surface area contributed by atoms with Crippen molar-refractivity contribution < 1.29 is 0 Å². The molecule has 0 unspecified atom stereocenters. The zero-order valence-corrected chi connectivity index (χ0v) is 10.0. The van der Waals surface area contributed by atoms with Gasteiger partial charge in [0.25, 0.3) is 0 Å². The van der Waals surface area contributed by atoms with Crippen LogP contribution in [0.2, 0.25) is 10.0 Å². The minimum Gasteiger partial charge on any atom is -0.330 e. The monoisotopic (exact) mass is 255 g/mol. The summed E-state index contributed by atoms with van der Waals surface area (Å²) in [7, 11) is 0. The predicted molar refractivity (Wildman–Crippen MR) is 66.3 cm³/mol. The van der Waals surface area contributed by atoms with E-state index < -0.39 is 0 Å². The number of nitrogens with zero attached hydrogens (tertiary/aromatic N) is 2. The number of aromatic nitrogens is 2. The molecule has 0 saturated heterocycles. The average Bonchev–Trinajstić information content (AvgIpc) is 2.71. The Hall–Kier alpha value is -1.03. The van der Waals surface area contributed by atoms with E-state index in [0.29, 0.717) is 16.6 Å². The van der Waals surface area contributed by atoms with Gasteiger partial charge in [-0.15, -0.1) is 0 Å². The molecule has 3 nitrogen and oxygen atoms in total. The predicted octanol–water partition coefficient (Wildman–Crippen LogP) is 2.68. The van der Waals surface area contributed by atoms with Crippen molar-refractivity contribution in [2.45, 2.75) is 6.42 Å². The highest BCUT2D eigenvalue weighted by Gasteiger charge is 2.03. The molecule has 2 rings (SSSR count). The van der Waals surface area contributed by atoms with Gasteiger partial charge in [0.15, 0.2) is 0 Å². The summed E-state index contributed by atoms with van der Waals surface area (Å²) in [6.45, 7) is 0.596. The second-order valence-corrected chi connectivity index (χ2v) is 4.20. The Labute approximate surface area is 104 Å².